The first-order valence-electron chi connectivity index (χ1n) is 14.6. The van der Waals surface area contributed by atoms with E-state index >= 15 is 0 Å². The van der Waals surface area contributed by atoms with E-state index in [2.05, 4.69) is 27.6 Å². The van der Waals surface area contributed by atoms with Crippen LogP contribution >= 0.6 is 0 Å². The van der Waals surface area contributed by atoms with Crippen molar-refractivity contribution in [3.8, 4) is 5.88 Å². The lowest BCUT2D eigenvalue weighted by Gasteiger charge is -2.54. The molecule has 7 heteroatoms. The normalized spacial score (nSPS) is 35.3. The quantitative estimate of drug-likeness (QED) is 0.590. The highest BCUT2D eigenvalue weighted by molar-refractivity contribution is 5.96. The summed E-state index contributed by atoms with van der Waals surface area (Å²) < 4.78 is 8.41. The minimum Gasteiger partial charge on any atom is -0.477 e. The second kappa shape index (κ2) is 10.4. The fourth-order valence-corrected chi connectivity index (χ4v) is 8.23. The molecule has 6 fully saturated rings. The Morgan fingerprint density at radius 3 is 2.54 bits per heavy atom. The van der Waals surface area contributed by atoms with E-state index in [0.29, 0.717) is 47.9 Å². The van der Waals surface area contributed by atoms with Gasteiger partial charge in [0.25, 0.3) is 5.91 Å². The lowest BCUT2D eigenvalue weighted by Crippen LogP contribution is -2.55. The fraction of sp³-hybridized carbons (Fsp3) is 0.857. The molecule has 0 unspecified atom stereocenters. The minimum absolute atomic E-state index is 0.0307. The Morgan fingerprint density at radius 2 is 1.83 bits per heavy atom. The standard InChI is InChI=1S/C28H45N5O2/c1-19-17-32(8-7-29-19)9-10-33-28(35-18-20-5-3-2-4-6-20)25(16-30-33)27(34)31-26-23-12-21-11-22(14-23)15-24(26)13-21/h16,19-24,26,29H,2-15,17-18H2,1H3,(H,31,34)/t19-,21?,22?,23?,24?,26?/m0/s1. The van der Waals surface area contributed by atoms with E-state index in [0.717, 1.165) is 44.6 Å². The summed E-state index contributed by atoms with van der Waals surface area (Å²) in [7, 11) is 0. The first-order valence-corrected chi connectivity index (χ1v) is 14.6. The van der Waals surface area contributed by atoms with Crippen molar-refractivity contribution in [1.82, 2.24) is 25.3 Å². The predicted octanol–water partition coefficient (Wildman–Crippen LogP) is 3.69. The van der Waals surface area contributed by atoms with Gasteiger partial charge < -0.3 is 15.4 Å². The first kappa shape index (κ1) is 23.8. The summed E-state index contributed by atoms with van der Waals surface area (Å²) in [5, 5.41) is 11.7. The monoisotopic (exact) mass is 483 g/mol. The first-order chi connectivity index (χ1) is 17.1. The lowest BCUT2D eigenvalue weighted by atomic mass is 9.54. The molecule has 1 saturated heterocycles. The Labute approximate surface area is 210 Å². The lowest BCUT2D eigenvalue weighted by molar-refractivity contribution is -0.0120. The highest BCUT2D eigenvalue weighted by atomic mass is 16.5. The maximum atomic E-state index is 13.6. The van der Waals surface area contributed by atoms with Gasteiger partial charge >= 0.3 is 0 Å². The summed E-state index contributed by atoms with van der Waals surface area (Å²) in [6.45, 7) is 7.79. The zero-order chi connectivity index (χ0) is 23.8. The van der Waals surface area contributed by atoms with Crippen molar-refractivity contribution in [1.29, 1.82) is 0 Å². The molecule has 4 bridgehead atoms. The molecule has 194 valence electrons. The third-order valence-corrected chi connectivity index (χ3v) is 9.82. The predicted molar refractivity (Wildman–Crippen MR) is 137 cm³/mol. The van der Waals surface area contributed by atoms with Crippen LogP contribution in [0.2, 0.25) is 0 Å². The van der Waals surface area contributed by atoms with Crippen LogP contribution in [-0.2, 0) is 6.54 Å². The van der Waals surface area contributed by atoms with Gasteiger partial charge in [0.1, 0.15) is 5.56 Å². The second-order valence-electron chi connectivity index (χ2n) is 12.5. The number of hydrogen-bond donors (Lipinski definition) is 2. The molecule has 0 aromatic carbocycles. The van der Waals surface area contributed by atoms with Crippen LogP contribution in [0.3, 0.4) is 0 Å². The average molecular weight is 484 g/mol. The zero-order valence-electron chi connectivity index (χ0n) is 21.6. The van der Waals surface area contributed by atoms with Crippen molar-refractivity contribution in [2.75, 3.05) is 32.8 Å². The van der Waals surface area contributed by atoms with Gasteiger partial charge in [-0.2, -0.15) is 5.10 Å². The fourth-order valence-electron chi connectivity index (χ4n) is 8.23. The number of ether oxygens (including phenoxy) is 1. The van der Waals surface area contributed by atoms with Crippen molar-refractivity contribution in [3.05, 3.63) is 11.8 Å². The summed E-state index contributed by atoms with van der Waals surface area (Å²) in [5.74, 6) is 4.49. The van der Waals surface area contributed by atoms with Gasteiger partial charge in [-0.25, -0.2) is 4.68 Å². The molecule has 0 radical (unpaired) electrons. The van der Waals surface area contributed by atoms with Gasteiger partial charge in [0.15, 0.2) is 0 Å². The molecule has 1 amide bonds. The van der Waals surface area contributed by atoms with Crippen LogP contribution in [0.4, 0.5) is 0 Å². The van der Waals surface area contributed by atoms with Crippen LogP contribution in [0.1, 0.15) is 81.5 Å². The molecule has 6 aliphatic rings. The van der Waals surface area contributed by atoms with E-state index in [-0.39, 0.29) is 5.91 Å². The number of nitrogens with one attached hydrogen (secondary N) is 2. The number of aromatic nitrogens is 2. The molecule has 7 nitrogen and oxygen atoms in total. The molecule has 1 atom stereocenters. The van der Waals surface area contributed by atoms with Crippen LogP contribution in [0, 0.1) is 29.6 Å². The van der Waals surface area contributed by atoms with Crippen LogP contribution in [-0.4, -0.2) is 65.5 Å². The van der Waals surface area contributed by atoms with Crippen LogP contribution in [0.5, 0.6) is 5.88 Å². The molecule has 2 heterocycles. The third-order valence-electron chi connectivity index (χ3n) is 9.82. The number of hydrogen-bond acceptors (Lipinski definition) is 5. The largest absolute Gasteiger partial charge is 0.477 e. The summed E-state index contributed by atoms with van der Waals surface area (Å²) in [6, 6.07) is 0.859. The van der Waals surface area contributed by atoms with Gasteiger partial charge in [0, 0.05) is 38.3 Å². The Hall–Kier alpha value is -1.60. The van der Waals surface area contributed by atoms with Crippen LogP contribution in [0.15, 0.2) is 6.20 Å². The molecular weight excluding hydrogens is 438 g/mol. The van der Waals surface area contributed by atoms with Crippen LogP contribution < -0.4 is 15.4 Å². The van der Waals surface area contributed by atoms with Gasteiger partial charge in [0.05, 0.1) is 19.3 Å². The Balaban J connectivity index is 1.15. The van der Waals surface area contributed by atoms with Gasteiger partial charge in [-0.3, -0.25) is 9.69 Å². The van der Waals surface area contributed by atoms with E-state index in [4.69, 9.17) is 4.74 Å². The van der Waals surface area contributed by atoms with E-state index in [9.17, 15) is 4.79 Å². The van der Waals surface area contributed by atoms with Crippen LogP contribution in [0.25, 0.3) is 0 Å². The molecule has 1 aromatic heterocycles. The topological polar surface area (TPSA) is 71.4 Å². The van der Waals surface area contributed by atoms with E-state index in [1.807, 2.05) is 4.68 Å². The van der Waals surface area contributed by atoms with E-state index in [1.54, 1.807) is 6.20 Å². The number of carbonyl (C=O) groups excluding carboxylic acids is 1. The number of amides is 1. The van der Waals surface area contributed by atoms with Gasteiger partial charge in [-0.05, 0) is 81.5 Å². The van der Waals surface area contributed by atoms with Crippen molar-refractivity contribution >= 4 is 5.91 Å². The van der Waals surface area contributed by atoms with Crippen molar-refractivity contribution in [2.24, 2.45) is 29.6 Å². The third kappa shape index (κ3) is 5.27. The molecule has 1 aliphatic heterocycles. The zero-order valence-corrected chi connectivity index (χ0v) is 21.6. The average Bonchev–Trinajstić information content (AvgIpc) is 3.27. The molecule has 0 spiro atoms. The van der Waals surface area contributed by atoms with Gasteiger partial charge in [-0.1, -0.05) is 19.3 Å². The van der Waals surface area contributed by atoms with Crippen molar-refractivity contribution in [2.45, 2.75) is 89.8 Å². The molecular formula is C28H45N5O2. The summed E-state index contributed by atoms with van der Waals surface area (Å²) in [5.41, 5.74) is 0.642. The smallest absolute Gasteiger partial charge is 0.258 e. The van der Waals surface area contributed by atoms with E-state index < -0.39 is 0 Å². The second-order valence-corrected chi connectivity index (χ2v) is 12.5. The Kier molecular flexibility index (Phi) is 7.07. The number of rotatable bonds is 8. The van der Waals surface area contributed by atoms with Gasteiger partial charge in [0.2, 0.25) is 5.88 Å². The minimum atomic E-state index is 0.0307. The number of nitrogens with zero attached hydrogens (tertiary/aromatic N) is 3. The summed E-state index contributed by atoms with van der Waals surface area (Å²) >= 11 is 0. The highest BCUT2D eigenvalue weighted by Crippen LogP contribution is 2.53. The van der Waals surface area contributed by atoms with Gasteiger partial charge in [-0.15, -0.1) is 0 Å². The van der Waals surface area contributed by atoms with Crippen molar-refractivity contribution < 1.29 is 9.53 Å². The Morgan fingerprint density at radius 1 is 1.09 bits per heavy atom. The van der Waals surface area contributed by atoms with E-state index in [1.165, 1.54) is 64.2 Å². The molecule has 5 saturated carbocycles. The van der Waals surface area contributed by atoms with Crippen molar-refractivity contribution in [3.63, 3.8) is 0 Å². The molecule has 2 N–H and O–H groups in total. The SMILES string of the molecule is C[C@H]1CN(CCn2ncc(C(=O)NC3C4CC5CC(C4)CC3C5)c2OCC2CCCCC2)CCN1. The number of piperazine rings is 1. The molecule has 1 aromatic rings. The molecule has 7 rings (SSSR count). The molecule has 35 heavy (non-hydrogen) atoms. The summed E-state index contributed by atoms with van der Waals surface area (Å²) in [6.07, 6.45) is 14.9. The maximum Gasteiger partial charge on any atom is 0.258 e. The Bertz CT molecular complexity index is 851. The number of carbonyl (C=O) groups is 1. The maximum absolute atomic E-state index is 13.6. The highest BCUT2D eigenvalue weighted by Gasteiger charge is 2.48. The summed E-state index contributed by atoms with van der Waals surface area (Å²) in [4.78, 5) is 16.1. The molecule has 5 aliphatic carbocycles.